The second-order valence-electron chi connectivity index (χ2n) is 6.39. The maximum Gasteiger partial charge on any atom is 0.436 e. The summed E-state index contributed by atoms with van der Waals surface area (Å²) in [4.78, 5) is 27.8. The molecule has 0 fully saturated rings. The molecular formula is C18H23N3O4S. The fourth-order valence-electron chi connectivity index (χ4n) is 2.09. The number of alkyl carbamates (subject to hydrolysis) is 1. The van der Waals surface area contributed by atoms with Crippen LogP contribution in [0.1, 0.15) is 33.3 Å². The first-order valence-electron chi connectivity index (χ1n) is 8.22. The van der Waals surface area contributed by atoms with E-state index in [1.807, 2.05) is 56.6 Å². The van der Waals surface area contributed by atoms with Crippen molar-refractivity contribution in [1.29, 1.82) is 0 Å². The van der Waals surface area contributed by atoms with E-state index in [1.54, 1.807) is 11.5 Å². The van der Waals surface area contributed by atoms with Gasteiger partial charge in [0.1, 0.15) is 5.60 Å². The van der Waals surface area contributed by atoms with E-state index >= 15 is 0 Å². The van der Waals surface area contributed by atoms with E-state index in [0.717, 1.165) is 11.3 Å². The summed E-state index contributed by atoms with van der Waals surface area (Å²) in [5, 5.41) is 4.56. The van der Waals surface area contributed by atoms with Gasteiger partial charge in [0.2, 0.25) is 4.80 Å². The maximum atomic E-state index is 11.8. The minimum Gasteiger partial charge on any atom is -0.448 e. The third kappa shape index (κ3) is 6.03. The highest BCUT2D eigenvalue weighted by atomic mass is 32.1. The van der Waals surface area contributed by atoms with Crippen molar-refractivity contribution >= 4 is 23.5 Å². The fourth-order valence-corrected chi connectivity index (χ4v) is 2.80. The number of nitrogens with zero attached hydrogens (tertiary/aromatic N) is 2. The van der Waals surface area contributed by atoms with E-state index < -0.39 is 17.8 Å². The number of hydrogen-bond acceptors (Lipinski definition) is 5. The molecule has 0 radical (unpaired) electrons. The van der Waals surface area contributed by atoms with Gasteiger partial charge in [0.05, 0.1) is 6.61 Å². The molecule has 1 aromatic heterocycles. The first-order chi connectivity index (χ1) is 12.3. The van der Waals surface area contributed by atoms with Crippen molar-refractivity contribution in [2.75, 3.05) is 6.61 Å². The van der Waals surface area contributed by atoms with Gasteiger partial charge >= 0.3 is 12.2 Å². The van der Waals surface area contributed by atoms with Gasteiger partial charge < -0.3 is 14.8 Å². The molecule has 1 aromatic carbocycles. The molecule has 7 nitrogen and oxygen atoms in total. The molecule has 0 aliphatic rings. The Morgan fingerprint density at radius 3 is 2.77 bits per heavy atom. The summed E-state index contributed by atoms with van der Waals surface area (Å²) < 4.78 is 11.9. The Labute approximate surface area is 156 Å². The van der Waals surface area contributed by atoms with E-state index in [-0.39, 0.29) is 6.61 Å². The van der Waals surface area contributed by atoms with E-state index in [2.05, 4.69) is 10.3 Å². The Hall–Kier alpha value is -2.61. The largest absolute Gasteiger partial charge is 0.448 e. The van der Waals surface area contributed by atoms with E-state index in [9.17, 15) is 9.59 Å². The summed E-state index contributed by atoms with van der Waals surface area (Å²) in [5.74, 6) is 0. The molecule has 140 valence electrons. The second kappa shape index (κ2) is 8.66. The van der Waals surface area contributed by atoms with Crippen LogP contribution in [-0.2, 0) is 16.0 Å². The maximum absolute atomic E-state index is 11.8. The van der Waals surface area contributed by atoms with Crippen LogP contribution < -0.4 is 10.1 Å². The Bertz CT molecular complexity index is 833. The van der Waals surface area contributed by atoms with Gasteiger partial charge in [0, 0.05) is 23.8 Å². The van der Waals surface area contributed by atoms with Crippen LogP contribution in [0.4, 0.5) is 9.59 Å². The molecule has 1 N–H and O–H groups in total. The standard InChI is InChI=1S/C18H23N3O4S/c1-5-24-17(23)20-15-21(9-10-26-15)14-8-6-7-13(11-14)12-19-16(22)25-18(2,3)4/h6-11H,5,12H2,1-4H3,(H,19,22). The molecule has 0 bridgehead atoms. The van der Waals surface area contributed by atoms with Crippen molar-refractivity contribution < 1.29 is 19.1 Å². The minimum atomic E-state index is -0.619. The average Bonchev–Trinajstić information content (AvgIpc) is 3.00. The van der Waals surface area contributed by atoms with E-state index in [1.165, 1.54) is 11.3 Å². The summed E-state index contributed by atoms with van der Waals surface area (Å²) in [6.07, 6.45) is 0.735. The molecule has 0 aliphatic heterocycles. The van der Waals surface area contributed by atoms with Gasteiger partial charge in [-0.15, -0.1) is 16.3 Å². The number of carbonyl (C=O) groups excluding carboxylic acids is 2. The van der Waals surface area contributed by atoms with Crippen LogP contribution in [0.15, 0.2) is 40.8 Å². The van der Waals surface area contributed by atoms with Gasteiger partial charge in [0.25, 0.3) is 0 Å². The van der Waals surface area contributed by atoms with Crippen LogP contribution in [0.25, 0.3) is 5.69 Å². The van der Waals surface area contributed by atoms with Crippen molar-refractivity contribution in [2.45, 2.75) is 39.8 Å². The van der Waals surface area contributed by atoms with Crippen LogP contribution in [0.5, 0.6) is 0 Å². The zero-order chi connectivity index (χ0) is 19.2. The lowest BCUT2D eigenvalue weighted by atomic mass is 10.2. The molecular weight excluding hydrogens is 354 g/mol. The first kappa shape index (κ1) is 19.7. The van der Waals surface area contributed by atoms with Gasteiger partial charge in [-0.1, -0.05) is 12.1 Å². The second-order valence-corrected chi connectivity index (χ2v) is 7.26. The quantitative estimate of drug-likeness (QED) is 0.882. The van der Waals surface area contributed by atoms with Crippen LogP contribution in [0.2, 0.25) is 0 Å². The molecule has 2 amide bonds. The van der Waals surface area contributed by atoms with E-state index in [4.69, 9.17) is 9.47 Å². The van der Waals surface area contributed by atoms with Gasteiger partial charge in [-0.25, -0.2) is 9.59 Å². The topological polar surface area (TPSA) is 81.9 Å². The van der Waals surface area contributed by atoms with Crippen molar-refractivity contribution in [3.8, 4) is 5.69 Å². The lowest BCUT2D eigenvalue weighted by Crippen LogP contribution is -2.32. The van der Waals surface area contributed by atoms with Crippen molar-refractivity contribution in [3.63, 3.8) is 0 Å². The monoisotopic (exact) mass is 377 g/mol. The van der Waals surface area contributed by atoms with Crippen molar-refractivity contribution in [1.82, 2.24) is 9.88 Å². The molecule has 8 heteroatoms. The summed E-state index contributed by atoms with van der Waals surface area (Å²) >= 11 is 1.33. The molecule has 2 aromatic rings. The number of carbonyl (C=O) groups is 2. The number of ether oxygens (including phenoxy) is 2. The van der Waals surface area contributed by atoms with Gasteiger partial charge in [-0.2, -0.15) is 0 Å². The number of amides is 2. The summed E-state index contributed by atoms with van der Waals surface area (Å²) in [6, 6.07) is 7.58. The van der Waals surface area contributed by atoms with Crippen LogP contribution in [-0.4, -0.2) is 29.0 Å². The number of aromatic nitrogens is 1. The highest BCUT2D eigenvalue weighted by Gasteiger charge is 2.15. The predicted octanol–water partition coefficient (Wildman–Crippen LogP) is 3.62. The minimum absolute atomic E-state index is 0.277. The Morgan fingerprint density at radius 2 is 2.08 bits per heavy atom. The first-order valence-corrected chi connectivity index (χ1v) is 9.10. The number of hydrogen-bond donors (Lipinski definition) is 1. The van der Waals surface area contributed by atoms with Crippen molar-refractivity contribution in [2.24, 2.45) is 4.99 Å². The van der Waals surface area contributed by atoms with E-state index in [0.29, 0.717) is 11.3 Å². The molecule has 1 heterocycles. The van der Waals surface area contributed by atoms with Gasteiger partial charge in [-0.05, 0) is 45.4 Å². The number of nitrogens with one attached hydrogen (secondary N) is 1. The van der Waals surface area contributed by atoms with Crippen LogP contribution in [0, 0.1) is 0 Å². The number of thiazole rings is 1. The van der Waals surface area contributed by atoms with Gasteiger partial charge in [0.15, 0.2) is 0 Å². The number of rotatable bonds is 4. The summed E-state index contributed by atoms with van der Waals surface area (Å²) in [5.41, 5.74) is 1.19. The summed E-state index contributed by atoms with van der Waals surface area (Å²) in [7, 11) is 0. The molecule has 0 aliphatic carbocycles. The highest BCUT2D eigenvalue weighted by molar-refractivity contribution is 7.07. The Kier molecular flexibility index (Phi) is 6.57. The molecule has 0 atom stereocenters. The zero-order valence-corrected chi connectivity index (χ0v) is 16.1. The third-order valence-electron chi connectivity index (χ3n) is 3.07. The van der Waals surface area contributed by atoms with Crippen molar-refractivity contribution in [3.05, 3.63) is 46.2 Å². The molecule has 26 heavy (non-hydrogen) atoms. The van der Waals surface area contributed by atoms with Gasteiger partial charge in [-0.3, -0.25) is 4.57 Å². The van der Waals surface area contributed by atoms with Crippen LogP contribution >= 0.6 is 11.3 Å². The fraction of sp³-hybridized carbons (Fsp3) is 0.389. The normalized spacial score (nSPS) is 11.9. The molecule has 0 saturated carbocycles. The Morgan fingerprint density at radius 1 is 1.31 bits per heavy atom. The lowest BCUT2D eigenvalue weighted by Gasteiger charge is -2.19. The number of benzene rings is 1. The average molecular weight is 377 g/mol. The van der Waals surface area contributed by atoms with Crippen LogP contribution in [0.3, 0.4) is 0 Å². The highest BCUT2D eigenvalue weighted by Crippen LogP contribution is 2.11. The SMILES string of the molecule is CCOC(=O)N=c1sccn1-c1cccc(CNC(=O)OC(C)(C)C)c1. The molecule has 0 saturated heterocycles. The predicted molar refractivity (Wildman–Crippen MR) is 99.3 cm³/mol. The lowest BCUT2D eigenvalue weighted by molar-refractivity contribution is 0.0523. The molecule has 0 spiro atoms. The third-order valence-corrected chi connectivity index (χ3v) is 3.83. The Balaban J connectivity index is 2.14. The summed E-state index contributed by atoms with van der Waals surface area (Å²) in [6.45, 7) is 7.79. The molecule has 2 rings (SSSR count). The zero-order valence-electron chi connectivity index (χ0n) is 15.3. The smallest absolute Gasteiger partial charge is 0.436 e. The molecule has 0 unspecified atom stereocenters.